The summed E-state index contributed by atoms with van der Waals surface area (Å²) in [6, 6.07) is 14.1. The molecule has 0 atom stereocenters. The summed E-state index contributed by atoms with van der Waals surface area (Å²) in [7, 11) is 0. The molecule has 148 valence electrons. The minimum atomic E-state index is -0.433. The van der Waals surface area contributed by atoms with Crippen molar-refractivity contribution in [1.82, 2.24) is 16.2 Å². The first-order valence-electron chi connectivity index (χ1n) is 8.81. The van der Waals surface area contributed by atoms with Crippen LogP contribution in [0.5, 0.6) is 11.5 Å². The van der Waals surface area contributed by atoms with Crippen LogP contribution in [0, 0.1) is 6.92 Å². The average Bonchev–Trinajstić information content (AvgIpc) is 2.70. The van der Waals surface area contributed by atoms with Crippen molar-refractivity contribution in [2.75, 3.05) is 13.2 Å². The molecule has 0 bridgehead atoms. The number of hydrazine groups is 1. The highest BCUT2D eigenvalue weighted by Gasteiger charge is 2.09. The molecule has 0 aromatic heterocycles. The van der Waals surface area contributed by atoms with Crippen molar-refractivity contribution in [3.8, 4) is 11.5 Å². The summed E-state index contributed by atoms with van der Waals surface area (Å²) in [5.74, 6) is 0.488. The van der Waals surface area contributed by atoms with Gasteiger partial charge in [0, 0.05) is 5.56 Å². The van der Waals surface area contributed by atoms with Crippen molar-refractivity contribution in [3.05, 3.63) is 59.7 Å². The fourth-order valence-electron chi connectivity index (χ4n) is 2.15. The van der Waals surface area contributed by atoms with Gasteiger partial charge >= 0.3 is 0 Å². The van der Waals surface area contributed by atoms with E-state index in [0.717, 1.165) is 12.0 Å². The number of benzene rings is 2. The zero-order valence-electron chi connectivity index (χ0n) is 15.8. The normalized spacial score (nSPS) is 9.93. The molecule has 28 heavy (non-hydrogen) atoms. The minimum Gasteiger partial charge on any atom is -0.494 e. The molecule has 0 aliphatic carbocycles. The third-order valence-corrected chi connectivity index (χ3v) is 3.79. The summed E-state index contributed by atoms with van der Waals surface area (Å²) in [4.78, 5) is 24.0. The van der Waals surface area contributed by atoms with Crippen molar-refractivity contribution in [1.29, 1.82) is 0 Å². The maximum Gasteiger partial charge on any atom is 0.276 e. The van der Waals surface area contributed by atoms with Crippen molar-refractivity contribution in [2.24, 2.45) is 0 Å². The molecule has 0 saturated carbocycles. The number of amides is 2. The van der Waals surface area contributed by atoms with Crippen LogP contribution in [0.1, 0.15) is 29.3 Å². The molecule has 2 rings (SSSR count). The van der Waals surface area contributed by atoms with Crippen LogP contribution in [0.2, 0.25) is 0 Å². The topological polar surface area (TPSA) is 88.7 Å². The molecule has 0 radical (unpaired) electrons. The summed E-state index contributed by atoms with van der Waals surface area (Å²) in [6.45, 7) is 4.34. The molecule has 0 saturated heterocycles. The Hall–Kier alpha value is -3.13. The van der Waals surface area contributed by atoms with Crippen LogP contribution < -0.4 is 25.6 Å². The number of carbonyl (C=O) groups excluding carboxylic acids is 2. The molecule has 0 unspecified atom stereocenters. The molecule has 0 spiro atoms. The molecule has 2 aromatic carbocycles. The Bertz CT molecular complexity index is 824. The Labute approximate surface area is 169 Å². The average molecular weight is 401 g/mol. The Morgan fingerprint density at radius 3 is 2.39 bits per heavy atom. The van der Waals surface area contributed by atoms with Gasteiger partial charge in [-0.05, 0) is 61.5 Å². The highest BCUT2D eigenvalue weighted by molar-refractivity contribution is 7.80. The maximum atomic E-state index is 12.2. The van der Waals surface area contributed by atoms with E-state index >= 15 is 0 Å². The Morgan fingerprint density at radius 1 is 1.00 bits per heavy atom. The van der Waals surface area contributed by atoms with Crippen LogP contribution >= 0.6 is 12.2 Å². The Morgan fingerprint density at radius 2 is 1.71 bits per heavy atom. The molecule has 3 N–H and O–H groups in total. The lowest BCUT2D eigenvalue weighted by molar-refractivity contribution is -0.123. The first kappa shape index (κ1) is 21.2. The highest BCUT2D eigenvalue weighted by Crippen LogP contribution is 2.15. The third kappa shape index (κ3) is 6.88. The standard InChI is InChI=1S/C20H23N3O4S/c1-3-12-26-16-10-8-15(9-11-16)19(25)21-20(28)23-22-18(24)13-27-17-7-5-4-6-14(17)2/h4-11H,3,12-13H2,1-2H3,(H,22,24)(H2,21,23,25,28). The van der Waals surface area contributed by atoms with Gasteiger partial charge in [0.25, 0.3) is 11.8 Å². The van der Waals surface area contributed by atoms with Crippen LogP contribution in [-0.4, -0.2) is 30.1 Å². The quantitative estimate of drug-likeness (QED) is 0.488. The lowest BCUT2D eigenvalue weighted by Gasteiger charge is -2.12. The number of para-hydroxylation sites is 1. The molecule has 2 aromatic rings. The lowest BCUT2D eigenvalue weighted by Crippen LogP contribution is -2.49. The maximum absolute atomic E-state index is 12.2. The van der Waals surface area contributed by atoms with E-state index in [-0.39, 0.29) is 11.7 Å². The fourth-order valence-corrected chi connectivity index (χ4v) is 2.30. The molecule has 0 heterocycles. The van der Waals surface area contributed by atoms with Crippen molar-refractivity contribution >= 4 is 29.1 Å². The molecule has 7 nitrogen and oxygen atoms in total. The molecule has 0 aliphatic rings. The predicted octanol–water partition coefficient (Wildman–Crippen LogP) is 2.50. The van der Waals surface area contributed by atoms with E-state index in [1.165, 1.54) is 0 Å². The number of carbonyl (C=O) groups is 2. The van der Waals surface area contributed by atoms with Gasteiger partial charge in [-0.15, -0.1) is 0 Å². The summed E-state index contributed by atoms with van der Waals surface area (Å²) >= 11 is 5.01. The molecular formula is C20H23N3O4S. The van der Waals surface area contributed by atoms with E-state index < -0.39 is 11.8 Å². The second-order valence-corrected chi connectivity index (χ2v) is 6.29. The Kier molecular flexibility index (Phi) is 8.23. The highest BCUT2D eigenvalue weighted by atomic mass is 32.1. The summed E-state index contributed by atoms with van der Waals surface area (Å²) in [6.07, 6.45) is 0.907. The van der Waals surface area contributed by atoms with Crippen LogP contribution in [0.4, 0.5) is 0 Å². The molecule has 0 fully saturated rings. The first-order valence-corrected chi connectivity index (χ1v) is 9.22. The summed E-state index contributed by atoms with van der Waals surface area (Å²) < 4.78 is 10.9. The zero-order chi connectivity index (χ0) is 20.4. The fraction of sp³-hybridized carbons (Fsp3) is 0.250. The smallest absolute Gasteiger partial charge is 0.276 e. The third-order valence-electron chi connectivity index (χ3n) is 3.58. The van der Waals surface area contributed by atoms with Gasteiger partial charge in [0.05, 0.1) is 6.61 Å². The number of ether oxygens (including phenoxy) is 2. The van der Waals surface area contributed by atoms with Crippen LogP contribution in [0.3, 0.4) is 0 Å². The monoisotopic (exact) mass is 401 g/mol. The Balaban J connectivity index is 1.73. The summed E-state index contributed by atoms with van der Waals surface area (Å²) in [5, 5.41) is 2.45. The number of hydrogen-bond donors (Lipinski definition) is 3. The van der Waals surface area contributed by atoms with E-state index in [1.54, 1.807) is 30.3 Å². The van der Waals surface area contributed by atoms with Gasteiger partial charge in [-0.1, -0.05) is 25.1 Å². The predicted molar refractivity (Wildman–Crippen MR) is 110 cm³/mol. The molecule has 2 amide bonds. The van der Waals surface area contributed by atoms with Crippen molar-refractivity contribution < 1.29 is 19.1 Å². The van der Waals surface area contributed by atoms with Crippen molar-refractivity contribution in [2.45, 2.75) is 20.3 Å². The second kappa shape index (κ2) is 10.9. The van der Waals surface area contributed by atoms with Gasteiger partial charge in [0.15, 0.2) is 11.7 Å². The van der Waals surface area contributed by atoms with Gasteiger partial charge in [-0.2, -0.15) is 0 Å². The van der Waals surface area contributed by atoms with E-state index in [0.29, 0.717) is 23.7 Å². The second-order valence-electron chi connectivity index (χ2n) is 5.88. The SMILES string of the molecule is CCCOc1ccc(C(=O)NC(=S)NNC(=O)COc2ccccc2C)cc1. The molecule has 0 aliphatic heterocycles. The van der Waals surface area contributed by atoms with Gasteiger partial charge in [-0.25, -0.2) is 0 Å². The number of aryl methyl sites for hydroxylation is 1. The van der Waals surface area contributed by atoms with Crippen molar-refractivity contribution in [3.63, 3.8) is 0 Å². The lowest BCUT2D eigenvalue weighted by atomic mass is 10.2. The van der Waals surface area contributed by atoms with E-state index in [2.05, 4.69) is 16.2 Å². The zero-order valence-corrected chi connectivity index (χ0v) is 16.6. The summed E-state index contributed by atoms with van der Waals surface area (Å²) in [5.41, 5.74) is 6.19. The van der Waals surface area contributed by atoms with E-state index in [4.69, 9.17) is 21.7 Å². The number of nitrogens with one attached hydrogen (secondary N) is 3. The van der Waals surface area contributed by atoms with Crippen LogP contribution in [0.15, 0.2) is 48.5 Å². The van der Waals surface area contributed by atoms with Gasteiger partial charge < -0.3 is 9.47 Å². The molecule has 8 heteroatoms. The number of rotatable bonds is 7. The van der Waals surface area contributed by atoms with E-state index in [1.807, 2.05) is 32.0 Å². The first-order chi connectivity index (χ1) is 13.5. The van der Waals surface area contributed by atoms with Crippen LogP contribution in [-0.2, 0) is 4.79 Å². The van der Waals surface area contributed by atoms with Gasteiger partial charge in [0.1, 0.15) is 11.5 Å². The van der Waals surface area contributed by atoms with Gasteiger partial charge in [0.2, 0.25) is 0 Å². The number of hydrogen-bond acceptors (Lipinski definition) is 5. The van der Waals surface area contributed by atoms with Gasteiger partial charge in [-0.3, -0.25) is 25.8 Å². The largest absolute Gasteiger partial charge is 0.494 e. The molecular weight excluding hydrogens is 378 g/mol. The van der Waals surface area contributed by atoms with Crippen LogP contribution in [0.25, 0.3) is 0 Å². The van der Waals surface area contributed by atoms with E-state index in [9.17, 15) is 9.59 Å². The number of thiocarbonyl (C=S) groups is 1. The minimum absolute atomic E-state index is 0.0273.